The van der Waals surface area contributed by atoms with Gasteiger partial charge in [0.15, 0.2) is 0 Å². The third-order valence-corrected chi connectivity index (χ3v) is 4.39. The molecule has 4 atom stereocenters. The molecular formula is C26H47NO8. The van der Waals surface area contributed by atoms with E-state index in [1.165, 1.54) is 0 Å². The number of hydrogen-bond acceptors (Lipinski definition) is 9. The van der Waals surface area contributed by atoms with Crippen molar-refractivity contribution in [2.24, 2.45) is 5.73 Å². The lowest BCUT2D eigenvalue weighted by molar-refractivity contribution is -0.108. The minimum Gasteiger partial charge on any atom is -0.379 e. The molecule has 0 heterocycles. The Kier molecular flexibility index (Phi) is 24.7. The van der Waals surface area contributed by atoms with Gasteiger partial charge in [0.1, 0.15) is 18.3 Å². The fraction of sp³-hybridized carbons (Fsp3) is 0.692. The Morgan fingerprint density at radius 1 is 0.514 bits per heavy atom. The van der Waals surface area contributed by atoms with Crippen LogP contribution in [0.3, 0.4) is 0 Å². The van der Waals surface area contributed by atoms with Crippen molar-refractivity contribution in [3.05, 3.63) is 50.6 Å². The van der Waals surface area contributed by atoms with E-state index >= 15 is 0 Å². The van der Waals surface area contributed by atoms with Crippen molar-refractivity contribution >= 4 is 0 Å². The zero-order valence-electron chi connectivity index (χ0n) is 21.5. The van der Waals surface area contributed by atoms with E-state index in [9.17, 15) is 0 Å². The maximum atomic E-state index is 5.94. The van der Waals surface area contributed by atoms with Gasteiger partial charge < -0.3 is 43.6 Å². The largest absolute Gasteiger partial charge is 0.379 e. The first-order valence-corrected chi connectivity index (χ1v) is 12.1. The molecule has 4 unspecified atom stereocenters. The van der Waals surface area contributed by atoms with Crippen molar-refractivity contribution in [1.29, 1.82) is 0 Å². The van der Waals surface area contributed by atoms with Crippen molar-refractivity contribution in [1.82, 2.24) is 0 Å². The summed E-state index contributed by atoms with van der Waals surface area (Å²) in [5, 5.41) is 0. The van der Waals surface area contributed by atoms with Crippen LogP contribution in [0, 0.1) is 0 Å². The van der Waals surface area contributed by atoms with Gasteiger partial charge in [0, 0.05) is 13.2 Å². The number of rotatable bonds is 28. The van der Waals surface area contributed by atoms with E-state index in [0.717, 1.165) is 0 Å². The smallest absolute Gasteiger partial charge is 0.105 e. The highest BCUT2D eigenvalue weighted by Gasteiger charge is 2.17. The molecule has 0 aromatic heterocycles. The van der Waals surface area contributed by atoms with Crippen LogP contribution in [0.25, 0.3) is 0 Å². The topological polar surface area (TPSA) is 99.9 Å². The fourth-order valence-electron chi connectivity index (χ4n) is 2.67. The molecule has 204 valence electrons. The fourth-order valence-corrected chi connectivity index (χ4v) is 2.67. The van der Waals surface area contributed by atoms with Crippen molar-refractivity contribution < 1.29 is 37.9 Å². The summed E-state index contributed by atoms with van der Waals surface area (Å²) in [5.74, 6) is 0. The maximum Gasteiger partial charge on any atom is 0.105 e. The average Bonchev–Trinajstić information content (AvgIpc) is 2.87. The second kappa shape index (κ2) is 25.7. The van der Waals surface area contributed by atoms with Crippen LogP contribution in [0.2, 0.25) is 0 Å². The molecule has 0 fully saturated rings. The summed E-state index contributed by atoms with van der Waals surface area (Å²) < 4.78 is 45.6. The zero-order chi connectivity index (χ0) is 26.0. The first kappa shape index (κ1) is 33.6. The Bertz CT molecular complexity index is 520. The summed E-state index contributed by atoms with van der Waals surface area (Å²) in [5.41, 5.74) is 5.88. The Balaban J connectivity index is 4.52. The van der Waals surface area contributed by atoms with Gasteiger partial charge in [0.25, 0.3) is 0 Å². The Hall–Kier alpha value is -1.40. The highest BCUT2D eigenvalue weighted by atomic mass is 16.6. The molecule has 0 amide bonds. The second-order valence-corrected chi connectivity index (χ2v) is 7.48. The van der Waals surface area contributed by atoms with Crippen LogP contribution in [-0.4, -0.2) is 110 Å². The normalized spacial score (nSPS) is 14.7. The molecule has 0 aliphatic rings. The van der Waals surface area contributed by atoms with E-state index < -0.39 is 0 Å². The molecule has 35 heavy (non-hydrogen) atoms. The lowest BCUT2D eigenvalue weighted by atomic mass is 10.3. The molecular weight excluding hydrogens is 454 g/mol. The molecule has 0 spiro atoms. The first-order valence-electron chi connectivity index (χ1n) is 12.1. The minimum absolute atomic E-state index is 0.189. The van der Waals surface area contributed by atoms with E-state index in [1.54, 1.807) is 24.3 Å². The second-order valence-electron chi connectivity index (χ2n) is 7.48. The predicted molar refractivity (Wildman–Crippen MR) is 138 cm³/mol. The summed E-state index contributed by atoms with van der Waals surface area (Å²) >= 11 is 0. The van der Waals surface area contributed by atoms with E-state index in [-0.39, 0.29) is 24.4 Å². The van der Waals surface area contributed by atoms with Crippen molar-refractivity contribution in [2.45, 2.75) is 31.3 Å². The van der Waals surface area contributed by atoms with Crippen LogP contribution in [0.5, 0.6) is 0 Å². The van der Waals surface area contributed by atoms with Crippen LogP contribution in [0.1, 0.15) is 6.92 Å². The van der Waals surface area contributed by atoms with Gasteiger partial charge in [-0.25, -0.2) is 0 Å². The first-order chi connectivity index (χ1) is 17.1. The molecule has 0 aliphatic carbocycles. The van der Waals surface area contributed by atoms with E-state index in [4.69, 9.17) is 43.6 Å². The minimum atomic E-state index is -0.305. The molecule has 9 nitrogen and oxygen atoms in total. The third-order valence-electron chi connectivity index (χ3n) is 4.39. The van der Waals surface area contributed by atoms with E-state index in [2.05, 4.69) is 26.3 Å². The Labute approximate surface area is 211 Å². The summed E-state index contributed by atoms with van der Waals surface area (Å²) in [4.78, 5) is 0. The van der Waals surface area contributed by atoms with Gasteiger partial charge in [-0.2, -0.15) is 0 Å². The van der Waals surface area contributed by atoms with Gasteiger partial charge in [0.05, 0.1) is 78.8 Å². The van der Waals surface area contributed by atoms with E-state index in [1.807, 2.05) is 6.92 Å². The monoisotopic (exact) mass is 501 g/mol. The lowest BCUT2D eigenvalue weighted by Crippen LogP contribution is -2.36. The molecule has 0 aromatic rings. The van der Waals surface area contributed by atoms with Crippen LogP contribution < -0.4 is 5.73 Å². The molecule has 0 aromatic carbocycles. The average molecular weight is 502 g/mol. The van der Waals surface area contributed by atoms with E-state index in [0.29, 0.717) is 85.8 Å². The number of hydrogen-bond donors (Lipinski definition) is 1. The van der Waals surface area contributed by atoms with Crippen LogP contribution in [-0.2, 0) is 37.9 Å². The summed E-state index contributed by atoms with van der Waals surface area (Å²) in [6.07, 6.45) is 5.72. The molecule has 0 saturated heterocycles. The van der Waals surface area contributed by atoms with Crippen molar-refractivity contribution in [2.75, 3.05) is 85.8 Å². The van der Waals surface area contributed by atoms with Gasteiger partial charge in [0.2, 0.25) is 0 Å². The third kappa shape index (κ3) is 20.5. The Morgan fingerprint density at radius 2 is 0.914 bits per heavy atom. The van der Waals surface area contributed by atoms with Crippen molar-refractivity contribution in [3.8, 4) is 0 Å². The van der Waals surface area contributed by atoms with Gasteiger partial charge >= 0.3 is 0 Å². The molecule has 0 aliphatic heterocycles. The van der Waals surface area contributed by atoms with Crippen LogP contribution >= 0.6 is 0 Å². The zero-order valence-corrected chi connectivity index (χ0v) is 21.5. The summed E-state index contributed by atoms with van der Waals surface area (Å²) in [6, 6.07) is 0. The Morgan fingerprint density at radius 3 is 1.34 bits per heavy atom. The van der Waals surface area contributed by atoms with Gasteiger partial charge in [-0.15, -0.1) is 26.3 Å². The lowest BCUT2D eigenvalue weighted by Gasteiger charge is -2.24. The summed E-state index contributed by atoms with van der Waals surface area (Å²) in [6.45, 7) is 21.7. The summed E-state index contributed by atoms with van der Waals surface area (Å²) in [7, 11) is 0. The molecule has 0 radical (unpaired) electrons. The predicted octanol–water partition coefficient (Wildman–Crippen LogP) is 2.32. The SMILES string of the molecule is C=CCOCC(COCC(CN)OCC(COCC(COCC)OCC=C)OCC=C)OCC=C. The van der Waals surface area contributed by atoms with Crippen LogP contribution in [0.15, 0.2) is 50.6 Å². The quantitative estimate of drug-likeness (QED) is 0.128. The molecule has 2 N–H and O–H groups in total. The standard InChI is InChI=1S/C26H47NO8/c1-6-11-29-18-25(33-13-8-3)20-30-16-23(15-27)35-22-26(34-14-9-4)21-31-19-24(17-28-10-5)32-12-7-2/h6-9,23-26H,1-4,10-22,27H2,5H3. The number of ether oxygens (including phenoxy) is 8. The van der Waals surface area contributed by atoms with Crippen LogP contribution in [0.4, 0.5) is 0 Å². The van der Waals surface area contributed by atoms with Gasteiger partial charge in [-0.3, -0.25) is 0 Å². The maximum absolute atomic E-state index is 5.94. The molecule has 0 rings (SSSR count). The highest BCUT2D eigenvalue weighted by molar-refractivity contribution is 4.71. The van der Waals surface area contributed by atoms with Crippen molar-refractivity contribution in [3.63, 3.8) is 0 Å². The molecule has 0 bridgehead atoms. The molecule has 0 saturated carbocycles. The highest BCUT2D eigenvalue weighted by Crippen LogP contribution is 2.04. The van der Waals surface area contributed by atoms with Gasteiger partial charge in [-0.1, -0.05) is 24.3 Å². The van der Waals surface area contributed by atoms with Gasteiger partial charge in [-0.05, 0) is 6.92 Å². The molecule has 9 heteroatoms. The number of nitrogens with two attached hydrogens (primary N) is 1.